The molecule has 6 heteroatoms. The molecule has 0 spiro atoms. The monoisotopic (exact) mass is 199 g/mol. The van der Waals surface area contributed by atoms with Crippen LogP contribution >= 0.6 is 0 Å². The third kappa shape index (κ3) is 8.67. The Morgan fingerprint density at radius 2 is 2.21 bits per heavy atom. The van der Waals surface area contributed by atoms with Gasteiger partial charge >= 0.3 is 6.03 Å². The fourth-order valence-electron chi connectivity index (χ4n) is 0.867. The van der Waals surface area contributed by atoms with Crippen LogP contribution in [0.5, 0.6) is 0 Å². The van der Waals surface area contributed by atoms with E-state index in [1.807, 2.05) is 13.8 Å². The van der Waals surface area contributed by atoms with E-state index in [0.717, 1.165) is 12.8 Å². The van der Waals surface area contributed by atoms with E-state index in [0.29, 0.717) is 13.1 Å². The van der Waals surface area contributed by atoms with Crippen molar-refractivity contribution in [2.75, 3.05) is 13.1 Å². The Hall–Kier alpha value is -1.42. The predicted molar refractivity (Wildman–Crippen MR) is 54.9 cm³/mol. The van der Waals surface area contributed by atoms with Crippen molar-refractivity contribution >= 4 is 6.03 Å². The van der Waals surface area contributed by atoms with E-state index < -0.39 is 0 Å². The zero-order valence-corrected chi connectivity index (χ0v) is 8.66. The van der Waals surface area contributed by atoms with Crippen LogP contribution in [0.2, 0.25) is 0 Å². The number of urea groups is 1. The van der Waals surface area contributed by atoms with E-state index >= 15 is 0 Å². The minimum Gasteiger partial charge on any atom is -0.338 e. The largest absolute Gasteiger partial charge is 0.338 e. The lowest BCUT2D eigenvalue weighted by molar-refractivity contribution is 0.238. The van der Waals surface area contributed by atoms with Gasteiger partial charge < -0.3 is 10.6 Å². The van der Waals surface area contributed by atoms with Gasteiger partial charge in [0, 0.05) is 24.0 Å². The fraction of sp³-hybridized carbons (Fsp3) is 0.875. The van der Waals surface area contributed by atoms with Gasteiger partial charge in [0.15, 0.2) is 0 Å². The Labute approximate surface area is 83.7 Å². The van der Waals surface area contributed by atoms with Gasteiger partial charge in [-0.1, -0.05) is 5.11 Å². The van der Waals surface area contributed by atoms with Crippen molar-refractivity contribution in [2.45, 2.75) is 32.7 Å². The number of nitrogens with zero attached hydrogens (tertiary/aromatic N) is 3. The molecule has 0 rings (SSSR count). The van der Waals surface area contributed by atoms with Gasteiger partial charge in [-0.25, -0.2) is 4.79 Å². The summed E-state index contributed by atoms with van der Waals surface area (Å²) in [5.74, 6) is 0. The van der Waals surface area contributed by atoms with Crippen LogP contribution in [-0.2, 0) is 0 Å². The first-order valence-electron chi connectivity index (χ1n) is 4.72. The zero-order chi connectivity index (χ0) is 10.8. The van der Waals surface area contributed by atoms with Gasteiger partial charge in [0.05, 0.1) is 0 Å². The van der Waals surface area contributed by atoms with E-state index in [4.69, 9.17) is 5.53 Å². The number of nitrogens with one attached hydrogen (secondary N) is 2. The summed E-state index contributed by atoms with van der Waals surface area (Å²) in [7, 11) is 0. The number of unbranched alkanes of at least 4 members (excludes halogenated alkanes) is 1. The highest BCUT2D eigenvalue weighted by molar-refractivity contribution is 5.73. The maximum absolute atomic E-state index is 11.0. The molecule has 0 atom stereocenters. The number of carbonyl (C=O) groups excluding carboxylic acids is 1. The van der Waals surface area contributed by atoms with Crippen molar-refractivity contribution in [1.82, 2.24) is 10.6 Å². The van der Waals surface area contributed by atoms with Crippen LogP contribution in [0, 0.1) is 0 Å². The van der Waals surface area contributed by atoms with E-state index in [1.54, 1.807) is 0 Å². The van der Waals surface area contributed by atoms with Gasteiger partial charge in [-0.2, -0.15) is 0 Å². The molecule has 0 aliphatic rings. The number of hydrogen-bond donors (Lipinski definition) is 2. The van der Waals surface area contributed by atoms with Crippen LogP contribution in [0.4, 0.5) is 4.79 Å². The summed E-state index contributed by atoms with van der Waals surface area (Å²) >= 11 is 0. The lowest BCUT2D eigenvalue weighted by atomic mass is 10.3. The van der Waals surface area contributed by atoms with Crippen molar-refractivity contribution in [3.05, 3.63) is 10.4 Å². The number of amides is 2. The third-order valence-corrected chi connectivity index (χ3v) is 1.45. The number of hydrogen-bond acceptors (Lipinski definition) is 2. The van der Waals surface area contributed by atoms with Crippen molar-refractivity contribution in [3.63, 3.8) is 0 Å². The summed E-state index contributed by atoms with van der Waals surface area (Å²) in [5.41, 5.74) is 7.99. The maximum atomic E-state index is 11.0. The second-order valence-corrected chi connectivity index (χ2v) is 3.22. The highest BCUT2D eigenvalue weighted by Crippen LogP contribution is 1.88. The smallest absolute Gasteiger partial charge is 0.314 e. The topological polar surface area (TPSA) is 89.9 Å². The van der Waals surface area contributed by atoms with Gasteiger partial charge in [0.2, 0.25) is 0 Å². The van der Waals surface area contributed by atoms with Crippen molar-refractivity contribution in [1.29, 1.82) is 0 Å². The van der Waals surface area contributed by atoms with E-state index in [1.165, 1.54) is 0 Å². The molecule has 14 heavy (non-hydrogen) atoms. The molecule has 0 aromatic rings. The van der Waals surface area contributed by atoms with Crippen LogP contribution < -0.4 is 10.6 Å². The SMILES string of the molecule is CC(C)NC(=O)NCCCCN=[N+]=[N-]. The Morgan fingerprint density at radius 1 is 1.50 bits per heavy atom. The second kappa shape index (κ2) is 8.19. The van der Waals surface area contributed by atoms with Gasteiger partial charge in [-0.15, -0.1) is 0 Å². The van der Waals surface area contributed by atoms with Crippen LogP contribution in [0.3, 0.4) is 0 Å². The molecule has 0 aliphatic carbocycles. The Balaban J connectivity index is 3.27. The summed E-state index contributed by atoms with van der Waals surface area (Å²) in [5, 5.41) is 8.81. The molecule has 2 N–H and O–H groups in total. The van der Waals surface area contributed by atoms with Gasteiger partial charge in [0.25, 0.3) is 0 Å². The highest BCUT2D eigenvalue weighted by atomic mass is 16.2. The summed E-state index contributed by atoms with van der Waals surface area (Å²) in [6.45, 7) is 4.91. The Kier molecular flexibility index (Phi) is 7.36. The van der Waals surface area contributed by atoms with E-state index in [2.05, 4.69) is 20.7 Å². The first-order valence-corrected chi connectivity index (χ1v) is 4.72. The van der Waals surface area contributed by atoms with Crippen LogP contribution in [0.25, 0.3) is 10.4 Å². The first-order chi connectivity index (χ1) is 6.66. The lowest BCUT2D eigenvalue weighted by Crippen LogP contribution is -2.39. The molecule has 2 amide bonds. The Morgan fingerprint density at radius 3 is 2.79 bits per heavy atom. The average Bonchev–Trinajstić information content (AvgIpc) is 2.10. The molecule has 0 saturated carbocycles. The molecule has 0 radical (unpaired) electrons. The highest BCUT2D eigenvalue weighted by Gasteiger charge is 1.99. The van der Waals surface area contributed by atoms with Crippen molar-refractivity contribution < 1.29 is 4.79 Å². The molecule has 0 aromatic carbocycles. The quantitative estimate of drug-likeness (QED) is 0.290. The molecule has 0 aromatic heterocycles. The van der Waals surface area contributed by atoms with Crippen molar-refractivity contribution in [2.24, 2.45) is 5.11 Å². The first kappa shape index (κ1) is 12.6. The molecular weight excluding hydrogens is 182 g/mol. The summed E-state index contributed by atoms with van der Waals surface area (Å²) in [4.78, 5) is 13.7. The van der Waals surface area contributed by atoms with Crippen LogP contribution in [-0.4, -0.2) is 25.2 Å². The third-order valence-electron chi connectivity index (χ3n) is 1.45. The number of azide groups is 1. The summed E-state index contributed by atoms with van der Waals surface area (Å²) in [6.07, 6.45) is 1.62. The predicted octanol–water partition coefficient (Wildman–Crippen LogP) is 1.78. The second-order valence-electron chi connectivity index (χ2n) is 3.22. The van der Waals surface area contributed by atoms with E-state index in [9.17, 15) is 4.79 Å². The normalized spacial score (nSPS) is 9.36. The maximum Gasteiger partial charge on any atom is 0.314 e. The van der Waals surface area contributed by atoms with Crippen molar-refractivity contribution in [3.8, 4) is 0 Å². The molecular formula is C8H17N5O. The average molecular weight is 199 g/mol. The zero-order valence-electron chi connectivity index (χ0n) is 8.66. The number of carbonyl (C=O) groups is 1. The molecule has 0 aliphatic heterocycles. The summed E-state index contributed by atoms with van der Waals surface area (Å²) in [6, 6.07) is 0.00183. The molecule has 0 saturated heterocycles. The Bertz CT molecular complexity index is 210. The fourth-order valence-corrected chi connectivity index (χ4v) is 0.867. The standard InChI is InChI=1S/C8H17N5O/c1-7(2)12-8(14)10-5-3-4-6-11-13-9/h7H,3-6H2,1-2H3,(H2,10,12,14). The number of rotatable bonds is 6. The minimum absolute atomic E-state index is 0.149. The van der Waals surface area contributed by atoms with Gasteiger partial charge in [-0.05, 0) is 32.2 Å². The van der Waals surface area contributed by atoms with Crippen LogP contribution in [0.1, 0.15) is 26.7 Å². The molecule has 0 fully saturated rings. The molecule has 0 bridgehead atoms. The molecule has 80 valence electrons. The van der Waals surface area contributed by atoms with Gasteiger partial charge in [0.1, 0.15) is 0 Å². The molecule has 6 nitrogen and oxygen atoms in total. The molecule has 0 heterocycles. The summed E-state index contributed by atoms with van der Waals surface area (Å²) < 4.78 is 0. The van der Waals surface area contributed by atoms with E-state index in [-0.39, 0.29) is 12.1 Å². The molecule has 0 unspecified atom stereocenters. The lowest BCUT2D eigenvalue weighted by Gasteiger charge is -2.09. The van der Waals surface area contributed by atoms with Crippen LogP contribution in [0.15, 0.2) is 5.11 Å². The minimum atomic E-state index is -0.149. The van der Waals surface area contributed by atoms with Gasteiger partial charge in [-0.3, -0.25) is 0 Å².